The first-order valence-electron chi connectivity index (χ1n) is 5.01. The van der Waals surface area contributed by atoms with E-state index in [1.54, 1.807) is 6.20 Å². The Hall–Kier alpha value is -1.56. The van der Waals surface area contributed by atoms with Gasteiger partial charge in [-0.2, -0.15) is 4.37 Å². The van der Waals surface area contributed by atoms with Gasteiger partial charge in [0.25, 0.3) is 0 Å². The van der Waals surface area contributed by atoms with Crippen molar-refractivity contribution < 1.29 is 0 Å². The summed E-state index contributed by atoms with van der Waals surface area (Å²) in [7, 11) is 0. The van der Waals surface area contributed by atoms with Crippen LogP contribution in [-0.2, 0) is 0 Å². The number of nitrogens with zero attached hydrogens (tertiary/aromatic N) is 4. The molecule has 5 nitrogen and oxygen atoms in total. The summed E-state index contributed by atoms with van der Waals surface area (Å²) in [4.78, 5) is 12.8. The van der Waals surface area contributed by atoms with Crippen molar-refractivity contribution in [3.63, 3.8) is 0 Å². The van der Waals surface area contributed by atoms with Gasteiger partial charge < -0.3 is 5.32 Å². The SMILES string of the molecule is Cc1ccnc(C(C)Nc2nc(C)ns2)n1. The van der Waals surface area contributed by atoms with Crippen LogP contribution in [0.2, 0.25) is 0 Å². The molecular formula is C10H13N5S. The van der Waals surface area contributed by atoms with Gasteiger partial charge in [-0.3, -0.25) is 0 Å². The van der Waals surface area contributed by atoms with Crippen LogP contribution < -0.4 is 5.32 Å². The molecule has 1 atom stereocenters. The lowest BCUT2D eigenvalue weighted by Gasteiger charge is -2.10. The van der Waals surface area contributed by atoms with E-state index in [0.29, 0.717) is 0 Å². The molecule has 0 aliphatic carbocycles. The molecule has 2 aromatic heterocycles. The summed E-state index contributed by atoms with van der Waals surface area (Å²) in [5.41, 5.74) is 0.965. The standard InChI is InChI=1S/C10H13N5S/c1-6-4-5-11-9(12-6)7(2)13-10-14-8(3)15-16-10/h4-5,7H,1-3H3,(H,13,14,15). The molecule has 0 fully saturated rings. The Morgan fingerprint density at radius 1 is 1.31 bits per heavy atom. The van der Waals surface area contributed by atoms with Gasteiger partial charge in [-0.25, -0.2) is 15.0 Å². The van der Waals surface area contributed by atoms with E-state index in [1.165, 1.54) is 11.5 Å². The minimum absolute atomic E-state index is 0.0345. The second-order valence-electron chi connectivity index (χ2n) is 3.57. The van der Waals surface area contributed by atoms with E-state index >= 15 is 0 Å². The van der Waals surface area contributed by atoms with Crippen molar-refractivity contribution >= 4 is 16.7 Å². The van der Waals surface area contributed by atoms with Crippen molar-refractivity contribution in [1.82, 2.24) is 19.3 Å². The lowest BCUT2D eigenvalue weighted by Crippen LogP contribution is -2.10. The van der Waals surface area contributed by atoms with Gasteiger partial charge in [-0.15, -0.1) is 0 Å². The highest BCUT2D eigenvalue weighted by molar-refractivity contribution is 7.09. The molecule has 0 aromatic carbocycles. The molecule has 0 aliphatic heterocycles. The lowest BCUT2D eigenvalue weighted by atomic mass is 10.3. The quantitative estimate of drug-likeness (QED) is 0.882. The van der Waals surface area contributed by atoms with Gasteiger partial charge in [0.2, 0.25) is 5.13 Å². The van der Waals surface area contributed by atoms with Crippen molar-refractivity contribution in [2.75, 3.05) is 5.32 Å². The molecule has 2 aromatic rings. The molecule has 2 heterocycles. The maximum atomic E-state index is 4.36. The number of anilines is 1. The maximum absolute atomic E-state index is 4.36. The third kappa shape index (κ3) is 2.52. The normalized spacial score (nSPS) is 12.4. The van der Waals surface area contributed by atoms with Crippen LogP contribution in [0.3, 0.4) is 0 Å². The maximum Gasteiger partial charge on any atom is 0.203 e. The second-order valence-corrected chi connectivity index (χ2v) is 4.32. The van der Waals surface area contributed by atoms with Crippen LogP contribution in [0.4, 0.5) is 5.13 Å². The average Bonchev–Trinajstić information content (AvgIpc) is 2.64. The third-order valence-electron chi connectivity index (χ3n) is 2.07. The Morgan fingerprint density at radius 3 is 2.75 bits per heavy atom. The Kier molecular flexibility index (Phi) is 3.09. The first kappa shape index (κ1) is 10.9. The number of aryl methyl sites for hydroxylation is 2. The molecule has 0 radical (unpaired) electrons. The van der Waals surface area contributed by atoms with Crippen LogP contribution in [0.25, 0.3) is 0 Å². The molecule has 0 spiro atoms. The van der Waals surface area contributed by atoms with E-state index in [1.807, 2.05) is 26.8 Å². The minimum Gasteiger partial charge on any atom is -0.351 e. The Labute approximate surface area is 98.2 Å². The summed E-state index contributed by atoms with van der Waals surface area (Å²) >= 11 is 1.35. The zero-order valence-corrected chi connectivity index (χ0v) is 10.2. The van der Waals surface area contributed by atoms with Gasteiger partial charge in [0, 0.05) is 23.4 Å². The largest absolute Gasteiger partial charge is 0.351 e. The molecule has 0 bridgehead atoms. The van der Waals surface area contributed by atoms with Crippen molar-refractivity contribution in [3.05, 3.63) is 29.6 Å². The molecular weight excluding hydrogens is 222 g/mol. The molecule has 0 aliphatic rings. The van der Waals surface area contributed by atoms with Crippen LogP contribution in [-0.4, -0.2) is 19.3 Å². The van der Waals surface area contributed by atoms with E-state index in [0.717, 1.165) is 22.5 Å². The van der Waals surface area contributed by atoms with E-state index < -0.39 is 0 Å². The number of aromatic nitrogens is 4. The number of hydrogen-bond acceptors (Lipinski definition) is 6. The molecule has 84 valence electrons. The zero-order chi connectivity index (χ0) is 11.5. The van der Waals surface area contributed by atoms with Crippen LogP contribution in [0.15, 0.2) is 12.3 Å². The highest BCUT2D eigenvalue weighted by Gasteiger charge is 2.10. The van der Waals surface area contributed by atoms with Gasteiger partial charge in [0.1, 0.15) is 11.6 Å². The van der Waals surface area contributed by atoms with E-state index in [2.05, 4.69) is 24.6 Å². The fourth-order valence-electron chi connectivity index (χ4n) is 1.28. The summed E-state index contributed by atoms with van der Waals surface area (Å²) in [5.74, 6) is 1.55. The van der Waals surface area contributed by atoms with Crippen LogP contribution in [0, 0.1) is 13.8 Å². The molecule has 1 unspecified atom stereocenters. The molecule has 1 N–H and O–H groups in total. The van der Waals surface area contributed by atoms with E-state index in [-0.39, 0.29) is 6.04 Å². The van der Waals surface area contributed by atoms with Crippen molar-refractivity contribution in [2.24, 2.45) is 0 Å². The summed E-state index contributed by atoms with van der Waals surface area (Å²) in [5, 5.41) is 4.03. The lowest BCUT2D eigenvalue weighted by molar-refractivity contribution is 0.778. The topological polar surface area (TPSA) is 63.6 Å². The van der Waals surface area contributed by atoms with E-state index in [4.69, 9.17) is 0 Å². The zero-order valence-electron chi connectivity index (χ0n) is 9.43. The summed E-state index contributed by atoms with van der Waals surface area (Å²) in [6, 6.07) is 1.91. The highest BCUT2D eigenvalue weighted by atomic mass is 32.1. The van der Waals surface area contributed by atoms with Crippen molar-refractivity contribution in [1.29, 1.82) is 0 Å². The number of nitrogens with one attached hydrogen (secondary N) is 1. The van der Waals surface area contributed by atoms with Gasteiger partial charge in [-0.05, 0) is 26.8 Å². The summed E-state index contributed by atoms with van der Waals surface area (Å²) < 4.78 is 4.11. The van der Waals surface area contributed by atoms with Crippen LogP contribution in [0.5, 0.6) is 0 Å². The molecule has 16 heavy (non-hydrogen) atoms. The fourth-order valence-corrected chi connectivity index (χ4v) is 1.94. The Balaban J connectivity index is 2.11. The third-order valence-corrected chi connectivity index (χ3v) is 2.81. The minimum atomic E-state index is 0.0345. The van der Waals surface area contributed by atoms with Gasteiger partial charge in [0.05, 0.1) is 6.04 Å². The highest BCUT2D eigenvalue weighted by Crippen LogP contribution is 2.17. The smallest absolute Gasteiger partial charge is 0.203 e. The van der Waals surface area contributed by atoms with Crippen LogP contribution >= 0.6 is 11.5 Å². The average molecular weight is 235 g/mol. The molecule has 0 saturated carbocycles. The first-order chi connectivity index (χ1) is 7.65. The van der Waals surface area contributed by atoms with Gasteiger partial charge >= 0.3 is 0 Å². The van der Waals surface area contributed by atoms with E-state index in [9.17, 15) is 0 Å². The number of rotatable bonds is 3. The monoisotopic (exact) mass is 235 g/mol. The van der Waals surface area contributed by atoms with Gasteiger partial charge in [-0.1, -0.05) is 0 Å². The van der Waals surface area contributed by atoms with Gasteiger partial charge in [0.15, 0.2) is 0 Å². The fraction of sp³-hybridized carbons (Fsp3) is 0.400. The van der Waals surface area contributed by atoms with Crippen molar-refractivity contribution in [3.8, 4) is 0 Å². The first-order valence-corrected chi connectivity index (χ1v) is 5.79. The van der Waals surface area contributed by atoms with Crippen molar-refractivity contribution in [2.45, 2.75) is 26.8 Å². The predicted molar refractivity (Wildman–Crippen MR) is 63.5 cm³/mol. The Morgan fingerprint density at radius 2 is 2.12 bits per heavy atom. The molecule has 2 rings (SSSR count). The number of hydrogen-bond donors (Lipinski definition) is 1. The van der Waals surface area contributed by atoms with Crippen LogP contribution in [0.1, 0.15) is 30.3 Å². The Bertz CT molecular complexity index is 482. The molecule has 6 heteroatoms. The predicted octanol–water partition coefficient (Wildman–Crippen LogP) is 2.12. The molecule has 0 saturated heterocycles. The second kappa shape index (κ2) is 4.52. The summed E-state index contributed by atoms with van der Waals surface area (Å²) in [6.45, 7) is 5.83. The summed E-state index contributed by atoms with van der Waals surface area (Å²) in [6.07, 6.45) is 1.77. The molecule has 0 amide bonds.